The van der Waals surface area contributed by atoms with Gasteiger partial charge in [0.05, 0.1) is 7.11 Å². The van der Waals surface area contributed by atoms with E-state index in [9.17, 15) is 4.79 Å². The minimum absolute atomic E-state index is 0.192. The van der Waals surface area contributed by atoms with Crippen LogP contribution in [0, 0.1) is 5.92 Å². The first-order chi connectivity index (χ1) is 9.54. The van der Waals surface area contributed by atoms with Crippen molar-refractivity contribution in [1.29, 1.82) is 0 Å². The Morgan fingerprint density at radius 3 is 2.70 bits per heavy atom. The lowest BCUT2D eigenvalue weighted by atomic mass is 10.0. The van der Waals surface area contributed by atoms with Gasteiger partial charge in [0.2, 0.25) is 0 Å². The number of fused-ring (bicyclic) bond motifs is 1. The summed E-state index contributed by atoms with van der Waals surface area (Å²) in [5, 5.41) is 4.52. The van der Waals surface area contributed by atoms with Gasteiger partial charge in [0.25, 0.3) is 0 Å². The fourth-order valence-corrected chi connectivity index (χ4v) is 2.50. The second-order valence-electron chi connectivity index (χ2n) is 5.41. The Morgan fingerprint density at radius 2 is 2.05 bits per heavy atom. The van der Waals surface area contributed by atoms with E-state index in [1.165, 1.54) is 23.6 Å². The monoisotopic (exact) mass is 274 g/mol. The minimum atomic E-state index is -0.279. The highest BCUT2D eigenvalue weighted by molar-refractivity contribution is 5.84. The van der Waals surface area contributed by atoms with Gasteiger partial charge in [0.15, 0.2) is 0 Å². The maximum absolute atomic E-state index is 11.8. The summed E-state index contributed by atoms with van der Waals surface area (Å²) in [5.74, 6) is -0.0161. The van der Waals surface area contributed by atoms with Crippen LogP contribution in [-0.4, -0.2) is 23.7 Å². The molecule has 2 rings (SSSR count). The SMILES string of the molecule is COC(=O)C(NCc1cn(C)c2ccccc12)C(C)C. The lowest BCUT2D eigenvalue weighted by Gasteiger charge is -2.19. The first-order valence-corrected chi connectivity index (χ1v) is 6.88. The van der Waals surface area contributed by atoms with Crippen molar-refractivity contribution < 1.29 is 9.53 Å². The highest BCUT2D eigenvalue weighted by Gasteiger charge is 2.22. The molecule has 4 nitrogen and oxygen atoms in total. The molecule has 1 heterocycles. The fraction of sp³-hybridized carbons (Fsp3) is 0.438. The number of aryl methyl sites for hydroxylation is 1. The standard InChI is InChI=1S/C16H22N2O2/c1-11(2)15(16(19)20-4)17-9-12-10-18(3)14-8-6-5-7-13(12)14/h5-8,10-11,15,17H,9H2,1-4H3. The Hall–Kier alpha value is -1.81. The molecule has 0 aliphatic carbocycles. The molecule has 108 valence electrons. The van der Waals surface area contributed by atoms with Crippen LogP contribution in [0.1, 0.15) is 19.4 Å². The molecule has 0 aliphatic heterocycles. The van der Waals surface area contributed by atoms with Gasteiger partial charge in [-0.15, -0.1) is 0 Å². The van der Waals surface area contributed by atoms with Gasteiger partial charge >= 0.3 is 5.97 Å². The highest BCUT2D eigenvalue weighted by Crippen LogP contribution is 2.20. The molecule has 0 fully saturated rings. The number of esters is 1. The lowest BCUT2D eigenvalue weighted by Crippen LogP contribution is -2.41. The van der Waals surface area contributed by atoms with E-state index >= 15 is 0 Å². The van der Waals surface area contributed by atoms with Gasteiger partial charge in [-0.2, -0.15) is 0 Å². The average molecular weight is 274 g/mol. The molecule has 0 bridgehead atoms. The fourth-order valence-electron chi connectivity index (χ4n) is 2.50. The molecule has 0 saturated carbocycles. The molecule has 0 amide bonds. The Balaban J connectivity index is 2.18. The Kier molecular flexibility index (Phi) is 4.45. The number of ether oxygens (including phenoxy) is 1. The molecule has 20 heavy (non-hydrogen) atoms. The largest absolute Gasteiger partial charge is 0.468 e. The second-order valence-corrected chi connectivity index (χ2v) is 5.41. The van der Waals surface area contributed by atoms with Gasteiger partial charge in [0.1, 0.15) is 6.04 Å². The van der Waals surface area contributed by atoms with E-state index in [1.54, 1.807) is 0 Å². The third-order valence-electron chi connectivity index (χ3n) is 3.61. The first kappa shape index (κ1) is 14.6. The minimum Gasteiger partial charge on any atom is -0.468 e. The van der Waals surface area contributed by atoms with Crippen molar-refractivity contribution in [2.75, 3.05) is 7.11 Å². The first-order valence-electron chi connectivity index (χ1n) is 6.88. The van der Waals surface area contributed by atoms with Crippen LogP contribution in [0.25, 0.3) is 10.9 Å². The Morgan fingerprint density at radius 1 is 1.35 bits per heavy atom. The number of carbonyl (C=O) groups excluding carboxylic acids is 1. The Bertz CT molecular complexity index is 602. The van der Waals surface area contributed by atoms with E-state index in [4.69, 9.17) is 4.74 Å². The van der Waals surface area contributed by atoms with E-state index in [0.29, 0.717) is 6.54 Å². The smallest absolute Gasteiger partial charge is 0.323 e. The molecular weight excluding hydrogens is 252 g/mol. The van der Waals surface area contributed by atoms with Crippen molar-refractivity contribution in [2.45, 2.75) is 26.4 Å². The summed E-state index contributed by atoms with van der Waals surface area (Å²) in [6, 6.07) is 7.99. The number of nitrogens with one attached hydrogen (secondary N) is 1. The third-order valence-corrected chi connectivity index (χ3v) is 3.61. The summed E-state index contributed by atoms with van der Waals surface area (Å²) >= 11 is 0. The molecular formula is C16H22N2O2. The van der Waals surface area contributed by atoms with Gasteiger partial charge in [0, 0.05) is 30.7 Å². The van der Waals surface area contributed by atoms with Crippen molar-refractivity contribution in [3.8, 4) is 0 Å². The molecule has 1 N–H and O–H groups in total. The summed E-state index contributed by atoms with van der Waals surface area (Å²) in [6.45, 7) is 4.68. The van der Waals surface area contributed by atoms with Crippen LogP contribution in [0.15, 0.2) is 30.5 Å². The van der Waals surface area contributed by atoms with Crippen molar-refractivity contribution in [1.82, 2.24) is 9.88 Å². The topological polar surface area (TPSA) is 43.3 Å². The van der Waals surface area contributed by atoms with Gasteiger partial charge in [-0.25, -0.2) is 0 Å². The maximum atomic E-state index is 11.8. The van der Waals surface area contributed by atoms with Crippen LogP contribution in [-0.2, 0) is 23.1 Å². The van der Waals surface area contributed by atoms with Gasteiger partial charge in [-0.3, -0.25) is 10.1 Å². The lowest BCUT2D eigenvalue weighted by molar-refractivity contribution is -0.144. The van der Waals surface area contributed by atoms with Crippen LogP contribution in [0.2, 0.25) is 0 Å². The maximum Gasteiger partial charge on any atom is 0.323 e. The number of hydrogen-bond donors (Lipinski definition) is 1. The third kappa shape index (κ3) is 2.85. The summed E-state index contributed by atoms with van der Waals surface area (Å²) in [7, 11) is 3.46. The molecule has 2 aromatic rings. The number of hydrogen-bond acceptors (Lipinski definition) is 3. The summed E-state index contributed by atoms with van der Waals surface area (Å²) in [5.41, 5.74) is 2.39. The predicted octanol–water partition coefficient (Wildman–Crippen LogP) is 2.47. The van der Waals surface area contributed by atoms with E-state index < -0.39 is 0 Å². The quantitative estimate of drug-likeness (QED) is 0.852. The Labute approximate surface area is 119 Å². The number of aromatic nitrogens is 1. The molecule has 0 radical (unpaired) electrons. The van der Waals surface area contributed by atoms with Crippen molar-refractivity contribution in [3.63, 3.8) is 0 Å². The molecule has 0 saturated heterocycles. The predicted molar refractivity (Wildman–Crippen MR) is 80.4 cm³/mol. The normalized spacial score (nSPS) is 12.8. The van der Waals surface area contributed by atoms with E-state index in [2.05, 4.69) is 28.2 Å². The van der Waals surface area contributed by atoms with E-state index in [0.717, 1.165) is 0 Å². The number of methoxy groups -OCH3 is 1. The highest BCUT2D eigenvalue weighted by atomic mass is 16.5. The van der Waals surface area contributed by atoms with E-state index in [1.807, 2.05) is 33.0 Å². The van der Waals surface area contributed by atoms with E-state index in [-0.39, 0.29) is 17.9 Å². The van der Waals surface area contributed by atoms with Crippen molar-refractivity contribution in [2.24, 2.45) is 13.0 Å². The summed E-state index contributed by atoms with van der Waals surface area (Å²) in [4.78, 5) is 11.8. The van der Waals surface area contributed by atoms with Gasteiger partial charge in [-0.1, -0.05) is 32.0 Å². The molecule has 1 aromatic heterocycles. The van der Waals surface area contributed by atoms with Crippen LogP contribution in [0.3, 0.4) is 0 Å². The zero-order chi connectivity index (χ0) is 14.7. The average Bonchev–Trinajstić information content (AvgIpc) is 2.76. The summed E-state index contributed by atoms with van der Waals surface area (Å²) in [6.07, 6.45) is 2.10. The zero-order valence-electron chi connectivity index (χ0n) is 12.5. The molecule has 1 unspecified atom stereocenters. The van der Waals surface area contributed by atoms with Crippen molar-refractivity contribution >= 4 is 16.9 Å². The second kappa shape index (κ2) is 6.09. The number of benzene rings is 1. The van der Waals surface area contributed by atoms with Gasteiger partial charge < -0.3 is 9.30 Å². The summed E-state index contributed by atoms with van der Waals surface area (Å²) < 4.78 is 6.95. The molecule has 4 heteroatoms. The molecule has 1 aromatic carbocycles. The van der Waals surface area contributed by atoms with Crippen LogP contribution in [0.5, 0.6) is 0 Å². The zero-order valence-corrected chi connectivity index (χ0v) is 12.5. The number of rotatable bonds is 5. The molecule has 0 spiro atoms. The number of para-hydroxylation sites is 1. The van der Waals surface area contributed by atoms with Crippen LogP contribution in [0.4, 0.5) is 0 Å². The van der Waals surface area contributed by atoms with Crippen LogP contribution < -0.4 is 5.32 Å². The van der Waals surface area contributed by atoms with Crippen molar-refractivity contribution in [3.05, 3.63) is 36.0 Å². The molecule has 1 atom stereocenters. The number of nitrogens with zero attached hydrogens (tertiary/aromatic N) is 1. The van der Waals surface area contributed by atoms with Gasteiger partial charge in [-0.05, 0) is 17.5 Å². The van der Waals surface area contributed by atoms with Crippen LogP contribution >= 0.6 is 0 Å². The number of carbonyl (C=O) groups is 1. The molecule has 0 aliphatic rings.